The first kappa shape index (κ1) is 21.9. The van der Waals surface area contributed by atoms with Gasteiger partial charge in [0, 0.05) is 43.5 Å². The number of aliphatic imine (C=N–C) groups is 1. The van der Waals surface area contributed by atoms with Crippen LogP contribution in [-0.2, 0) is 17.3 Å². The van der Waals surface area contributed by atoms with Crippen LogP contribution in [0.2, 0.25) is 0 Å². The Hall–Kier alpha value is -1.39. The molecule has 1 fully saturated rings. The van der Waals surface area contributed by atoms with E-state index in [0.29, 0.717) is 37.0 Å². The zero-order valence-electron chi connectivity index (χ0n) is 16.0. The van der Waals surface area contributed by atoms with Crippen LogP contribution in [0.5, 0.6) is 0 Å². The summed E-state index contributed by atoms with van der Waals surface area (Å²) in [6, 6.07) is 0. The maximum Gasteiger partial charge on any atom is 0.434 e. The lowest BCUT2D eigenvalue weighted by Gasteiger charge is -2.39. The lowest BCUT2D eigenvalue weighted by atomic mass is 10.0. The van der Waals surface area contributed by atoms with E-state index in [4.69, 9.17) is 4.74 Å². The number of hydrogen-bond donors (Lipinski definition) is 2. The van der Waals surface area contributed by atoms with E-state index in [0.717, 1.165) is 43.0 Å². The van der Waals surface area contributed by atoms with Gasteiger partial charge in [-0.25, -0.2) is 4.98 Å². The third-order valence-electron chi connectivity index (χ3n) is 4.31. The molecule has 1 aromatic heterocycles. The van der Waals surface area contributed by atoms with Gasteiger partial charge in [0.05, 0.1) is 24.8 Å². The van der Waals surface area contributed by atoms with Crippen LogP contribution in [0.3, 0.4) is 0 Å². The van der Waals surface area contributed by atoms with Crippen LogP contribution in [0.25, 0.3) is 0 Å². The number of thiazole rings is 1. The fourth-order valence-corrected chi connectivity index (χ4v) is 3.53. The predicted molar refractivity (Wildman–Crippen MR) is 101 cm³/mol. The maximum atomic E-state index is 12.6. The van der Waals surface area contributed by atoms with E-state index in [1.165, 1.54) is 0 Å². The highest BCUT2D eigenvalue weighted by Gasteiger charge is 2.33. The highest BCUT2D eigenvalue weighted by Crippen LogP contribution is 2.30. The summed E-state index contributed by atoms with van der Waals surface area (Å²) in [5, 5.41) is 7.86. The number of halogens is 3. The Morgan fingerprint density at radius 2 is 2.00 bits per heavy atom. The molecule has 27 heavy (non-hydrogen) atoms. The first-order chi connectivity index (χ1) is 12.7. The molecule has 154 valence electrons. The van der Waals surface area contributed by atoms with Gasteiger partial charge >= 0.3 is 6.18 Å². The third-order valence-corrected chi connectivity index (χ3v) is 5.22. The predicted octanol–water partition coefficient (Wildman–Crippen LogP) is 2.37. The van der Waals surface area contributed by atoms with Crippen molar-refractivity contribution >= 4 is 17.3 Å². The molecule has 2 rings (SSSR count). The summed E-state index contributed by atoms with van der Waals surface area (Å²) in [7, 11) is 0. The van der Waals surface area contributed by atoms with Crippen molar-refractivity contribution < 1.29 is 17.9 Å². The van der Waals surface area contributed by atoms with Crippen LogP contribution < -0.4 is 10.6 Å². The molecule has 0 aromatic carbocycles. The topological polar surface area (TPSA) is 61.8 Å². The molecule has 0 radical (unpaired) electrons. The number of hydrogen-bond acceptors (Lipinski definition) is 5. The number of nitrogens with one attached hydrogen (secondary N) is 2. The summed E-state index contributed by atoms with van der Waals surface area (Å²) >= 11 is 1.03. The van der Waals surface area contributed by atoms with Crippen molar-refractivity contribution in [3.63, 3.8) is 0 Å². The van der Waals surface area contributed by atoms with Crippen LogP contribution in [-0.4, -0.2) is 67.3 Å². The van der Waals surface area contributed by atoms with Crippen molar-refractivity contribution in [2.24, 2.45) is 4.99 Å². The Morgan fingerprint density at radius 1 is 1.30 bits per heavy atom. The summed E-state index contributed by atoms with van der Waals surface area (Å²) < 4.78 is 43.2. The average Bonchev–Trinajstić information content (AvgIpc) is 3.10. The van der Waals surface area contributed by atoms with Gasteiger partial charge in [-0.15, -0.1) is 11.3 Å². The SMILES string of the molecule is CCNC(=NCC(C)(C)N1CCOCC1)NCCc1nc(C(F)(F)F)cs1. The fourth-order valence-electron chi connectivity index (χ4n) is 2.73. The molecular formula is C17H28F3N5OS. The summed E-state index contributed by atoms with van der Waals surface area (Å²) in [5.74, 6) is 0.659. The molecule has 0 saturated carbocycles. The highest BCUT2D eigenvalue weighted by atomic mass is 32.1. The molecule has 6 nitrogen and oxygen atoms in total. The van der Waals surface area contributed by atoms with Gasteiger partial charge in [0.1, 0.15) is 0 Å². The van der Waals surface area contributed by atoms with Crippen molar-refractivity contribution in [1.82, 2.24) is 20.5 Å². The molecule has 2 N–H and O–H groups in total. The van der Waals surface area contributed by atoms with Crippen molar-refractivity contribution in [3.8, 4) is 0 Å². The van der Waals surface area contributed by atoms with E-state index in [-0.39, 0.29) is 5.54 Å². The average molecular weight is 408 g/mol. The minimum atomic E-state index is -4.39. The summed E-state index contributed by atoms with van der Waals surface area (Å²) in [4.78, 5) is 10.7. The van der Waals surface area contributed by atoms with Gasteiger partial charge in [0.25, 0.3) is 0 Å². The Kier molecular flexibility index (Phi) is 7.87. The van der Waals surface area contributed by atoms with E-state index < -0.39 is 11.9 Å². The van der Waals surface area contributed by atoms with Crippen molar-refractivity contribution in [2.75, 3.05) is 45.9 Å². The van der Waals surface area contributed by atoms with Crippen LogP contribution in [0.4, 0.5) is 13.2 Å². The van der Waals surface area contributed by atoms with Crippen molar-refractivity contribution in [2.45, 2.75) is 38.9 Å². The number of alkyl halides is 3. The van der Waals surface area contributed by atoms with Gasteiger partial charge in [-0.2, -0.15) is 13.2 Å². The quantitative estimate of drug-likeness (QED) is 0.537. The minimum absolute atomic E-state index is 0.0942. The second-order valence-corrected chi connectivity index (χ2v) is 7.85. The molecule has 1 aliphatic heterocycles. The standard InChI is InChI=1S/C17H28F3N5OS/c1-4-21-15(23-12-16(2,3)25-7-9-26-10-8-25)22-6-5-14-24-13(11-27-14)17(18,19)20/h11H,4-10,12H2,1-3H3,(H2,21,22,23). The Bertz CT molecular complexity index is 612. The summed E-state index contributed by atoms with van der Waals surface area (Å²) in [6.45, 7) is 11.3. The van der Waals surface area contributed by atoms with Gasteiger partial charge in [-0.1, -0.05) is 0 Å². The normalized spacial score (nSPS) is 17.2. The Morgan fingerprint density at radius 3 is 2.59 bits per heavy atom. The largest absolute Gasteiger partial charge is 0.434 e. The monoisotopic (exact) mass is 407 g/mol. The second kappa shape index (κ2) is 9.70. The van der Waals surface area contributed by atoms with Crippen molar-refractivity contribution in [3.05, 3.63) is 16.1 Å². The summed E-state index contributed by atoms with van der Waals surface area (Å²) in [5.41, 5.74) is -0.918. The van der Waals surface area contributed by atoms with Gasteiger partial charge in [0.2, 0.25) is 0 Å². The molecule has 1 aliphatic rings. The maximum absolute atomic E-state index is 12.6. The smallest absolute Gasteiger partial charge is 0.379 e. The van der Waals surface area contributed by atoms with E-state index in [1.54, 1.807) is 0 Å². The molecule has 1 saturated heterocycles. The Balaban J connectivity index is 1.86. The highest BCUT2D eigenvalue weighted by molar-refractivity contribution is 7.09. The van der Waals surface area contributed by atoms with Crippen molar-refractivity contribution in [1.29, 1.82) is 0 Å². The molecular weight excluding hydrogens is 379 g/mol. The fraction of sp³-hybridized carbons (Fsp3) is 0.765. The molecule has 0 bridgehead atoms. The number of nitrogens with zero attached hydrogens (tertiary/aromatic N) is 3. The van der Waals surface area contributed by atoms with E-state index >= 15 is 0 Å². The molecule has 10 heteroatoms. The van der Waals surface area contributed by atoms with Gasteiger partial charge in [-0.05, 0) is 20.8 Å². The van der Waals surface area contributed by atoms with Gasteiger partial charge in [0.15, 0.2) is 11.7 Å². The molecule has 0 spiro atoms. The number of ether oxygens (including phenoxy) is 1. The lowest BCUT2D eigenvalue weighted by molar-refractivity contribution is -0.140. The third kappa shape index (κ3) is 6.93. The molecule has 2 heterocycles. The minimum Gasteiger partial charge on any atom is -0.379 e. The van der Waals surface area contributed by atoms with Gasteiger partial charge in [-0.3, -0.25) is 9.89 Å². The number of guanidine groups is 1. The molecule has 0 atom stereocenters. The zero-order chi connectivity index (χ0) is 19.9. The Labute approximate surface area is 162 Å². The van der Waals surface area contributed by atoms with Crippen LogP contribution in [0.15, 0.2) is 10.4 Å². The van der Waals surface area contributed by atoms with Crippen LogP contribution in [0, 0.1) is 0 Å². The van der Waals surface area contributed by atoms with Gasteiger partial charge < -0.3 is 15.4 Å². The second-order valence-electron chi connectivity index (χ2n) is 6.91. The lowest BCUT2D eigenvalue weighted by Crippen LogP contribution is -2.52. The zero-order valence-corrected chi connectivity index (χ0v) is 16.8. The van der Waals surface area contributed by atoms with Crippen LogP contribution >= 0.6 is 11.3 Å². The number of morpholine rings is 1. The molecule has 0 unspecified atom stereocenters. The number of rotatable bonds is 7. The molecule has 0 amide bonds. The molecule has 1 aromatic rings. The van der Waals surface area contributed by atoms with E-state index in [2.05, 4.69) is 39.4 Å². The summed E-state index contributed by atoms with van der Waals surface area (Å²) in [6.07, 6.45) is -3.97. The molecule has 0 aliphatic carbocycles. The van der Waals surface area contributed by atoms with E-state index in [1.807, 2.05) is 6.92 Å². The first-order valence-electron chi connectivity index (χ1n) is 9.09. The number of aromatic nitrogens is 1. The first-order valence-corrected chi connectivity index (χ1v) is 9.97. The van der Waals surface area contributed by atoms with Crippen LogP contribution in [0.1, 0.15) is 31.5 Å². The van der Waals surface area contributed by atoms with E-state index in [9.17, 15) is 13.2 Å².